The molecule has 0 atom stereocenters. The van der Waals surface area contributed by atoms with E-state index in [9.17, 15) is 8.42 Å². The van der Waals surface area contributed by atoms with Crippen LogP contribution in [0.2, 0.25) is 0 Å². The average molecular weight is 317 g/mol. The molecule has 0 unspecified atom stereocenters. The smallest absolute Gasteiger partial charge is 0.244 e. The molecule has 0 aliphatic carbocycles. The van der Waals surface area contributed by atoms with Crippen LogP contribution in [0.15, 0.2) is 20.0 Å². The monoisotopic (exact) mass is 315 g/mol. The van der Waals surface area contributed by atoms with E-state index in [0.29, 0.717) is 12.3 Å². The van der Waals surface area contributed by atoms with Crippen LogP contribution in [0.1, 0.15) is 19.1 Å². The van der Waals surface area contributed by atoms with Gasteiger partial charge >= 0.3 is 0 Å². The van der Waals surface area contributed by atoms with E-state index in [0.717, 1.165) is 6.42 Å². The van der Waals surface area contributed by atoms with Gasteiger partial charge in [0.25, 0.3) is 0 Å². The first-order chi connectivity index (χ1) is 7.01. The van der Waals surface area contributed by atoms with E-state index in [1.807, 2.05) is 6.92 Å². The Kier molecular flexibility index (Phi) is 4.64. The summed E-state index contributed by atoms with van der Waals surface area (Å²) in [7, 11) is -3.49. The highest BCUT2D eigenvalue weighted by molar-refractivity contribution is 9.10. The van der Waals surface area contributed by atoms with E-state index in [4.69, 9.17) is 16.0 Å². The molecule has 0 bridgehead atoms. The molecule has 15 heavy (non-hydrogen) atoms. The third-order valence-electron chi connectivity index (χ3n) is 1.67. The Labute approximate surface area is 102 Å². The second-order valence-electron chi connectivity index (χ2n) is 2.88. The molecule has 0 aliphatic rings. The lowest BCUT2D eigenvalue weighted by Crippen LogP contribution is -2.24. The summed E-state index contributed by atoms with van der Waals surface area (Å²) in [6, 6.07) is 1.41. The number of sulfonamides is 1. The Bertz CT molecular complexity index is 429. The summed E-state index contributed by atoms with van der Waals surface area (Å²) in [5.41, 5.74) is 0. The Hall–Kier alpha value is -0.0400. The number of hydrogen-bond acceptors (Lipinski definition) is 3. The molecule has 0 fully saturated rings. The van der Waals surface area contributed by atoms with E-state index in [1.54, 1.807) is 0 Å². The Morgan fingerprint density at radius 2 is 2.27 bits per heavy atom. The van der Waals surface area contributed by atoms with Crippen LogP contribution in [0.25, 0.3) is 0 Å². The fraction of sp³-hybridized carbons (Fsp3) is 0.500. The molecule has 1 N–H and O–H groups in total. The van der Waals surface area contributed by atoms with E-state index in [2.05, 4.69) is 20.7 Å². The van der Waals surface area contributed by atoms with Crippen molar-refractivity contribution in [1.29, 1.82) is 0 Å². The SMILES string of the molecule is CCCNS(=O)(=O)c1cc(CCl)oc1Br. The summed E-state index contributed by atoms with van der Waals surface area (Å²) in [5.74, 6) is 0.558. The highest BCUT2D eigenvalue weighted by atomic mass is 79.9. The number of furan rings is 1. The van der Waals surface area contributed by atoms with Gasteiger partial charge in [0, 0.05) is 12.6 Å². The van der Waals surface area contributed by atoms with Crippen LogP contribution < -0.4 is 4.72 Å². The highest BCUT2D eigenvalue weighted by Crippen LogP contribution is 2.26. The fourth-order valence-electron chi connectivity index (χ4n) is 0.961. The van der Waals surface area contributed by atoms with Crippen molar-refractivity contribution >= 4 is 37.6 Å². The van der Waals surface area contributed by atoms with Gasteiger partial charge in [-0.15, -0.1) is 11.6 Å². The fourth-order valence-corrected chi connectivity index (χ4v) is 3.22. The number of alkyl halides is 1. The summed E-state index contributed by atoms with van der Waals surface area (Å²) in [5, 5.41) is 0. The lowest BCUT2D eigenvalue weighted by Gasteiger charge is -2.02. The van der Waals surface area contributed by atoms with Crippen LogP contribution in [0.5, 0.6) is 0 Å². The molecule has 1 aromatic rings. The van der Waals surface area contributed by atoms with Crippen molar-refractivity contribution in [3.8, 4) is 0 Å². The minimum atomic E-state index is -3.49. The average Bonchev–Trinajstić information content (AvgIpc) is 2.57. The predicted octanol–water partition coefficient (Wildman–Crippen LogP) is 2.47. The molecule has 0 aliphatic heterocycles. The van der Waals surface area contributed by atoms with E-state index in [-0.39, 0.29) is 15.4 Å². The molecular weight excluding hydrogens is 306 g/mol. The van der Waals surface area contributed by atoms with Gasteiger partial charge in [0.2, 0.25) is 10.0 Å². The lowest BCUT2D eigenvalue weighted by molar-refractivity contribution is 0.497. The van der Waals surface area contributed by atoms with Gasteiger partial charge in [-0.2, -0.15) is 0 Å². The zero-order chi connectivity index (χ0) is 11.5. The Morgan fingerprint density at radius 3 is 2.73 bits per heavy atom. The molecule has 0 saturated heterocycles. The van der Waals surface area contributed by atoms with E-state index >= 15 is 0 Å². The second-order valence-corrected chi connectivity index (χ2v) is 5.60. The first-order valence-corrected chi connectivity index (χ1v) is 7.16. The molecule has 0 amide bonds. The van der Waals surface area contributed by atoms with Gasteiger partial charge in [0.15, 0.2) is 4.67 Å². The van der Waals surface area contributed by atoms with Crippen LogP contribution in [-0.2, 0) is 15.9 Å². The number of rotatable bonds is 5. The summed E-state index contributed by atoms with van der Waals surface area (Å²) >= 11 is 8.58. The summed E-state index contributed by atoms with van der Waals surface area (Å²) in [6.07, 6.45) is 0.733. The van der Waals surface area contributed by atoms with Gasteiger partial charge in [-0.3, -0.25) is 0 Å². The molecule has 0 radical (unpaired) electrons. The van der Waals surface area contributed by atoms with Crippen molar-refractivity contribution in [2.75, 3.05) is 6.54 Å². The molecular formula is C8H11BrClNO3S. The molecule has 1 rings (SSSR count). The first kappa shape index (κ1) is 13.0. The molecule has 4 nitrogen and oxygen atoms in total. The first-order valence-electron chi connectivity index (χ1n) is 4.35. The van der Waals surface area contributed by atoms with Crippen molar-refractivity contribution < 1.29 is 12.8 Å². The maximum Gasteiger partial charge on any atom is 0.244 e. The molecule has 0 spiro atoms. The normalized spacial score (nSPS) is 11.9. The van der Waals surface area contributed by atoms with Crippen LogP contribution in [-0.4, -0.2) is 15.0 Å². The maximum atomic E-state index is 11.7. The van der Waals surface area contributed by atoms with E-state index < -0.39 is 10.0 Å². The largest absolute Gasteiger partial charge is 0.452 e. The van der Waals surface area contributed by atoms with Gasteiger partial charge in [-0.05, 0) is 22.4 Å². The molecule has 1 aromatic heterocycles. The van der Waals surface area contributed by atoms with Crippen LogP contribution in [0.4, 0.5) is 0 Å². The molecule has 86 valence electrons. The van der Waals surface area contributed by atoms with Crippen LogP contribution in [0.3, 0.4) is 0 Å². The quantitative estimate of drug-likeness (QED) is 0.849. The Morgan fingerprint density at radius 1 is 1.60 bits per heavy atom. The molecule has 0 saturated carbocycles. The maximum absolute atomic E-state index is 11.7. The minimum absolute atomic E-state index is 0.0894. The van der Waals surface area contributed by atoms with Gasteiger partial charge in [-0.1, -0.05) is 6.92 Å². The van der Waals surface area contributed by atoms with Crippen molar-refractivity contribution in [2.45, 2.75) is 24.1 Å². The standard InChI is InChI=1S/C8H11BrClNO3S/c1-2-3-11-15(12,13)7-4-6(5-10)14-8(7)9/h4,11H,2-3,5H2,1H3. The lowest BCUT2D eigenvalue weighted by atomic mass is 10.5. The van der Waals surface area contributed by atoms with Gasteiger partial charge in [0.1, 0.15) is 10.7 Å². The third kappa shape index (κ3) is 3.21. The summed E-state index contributed by atoms with van der Waals surface area (Å²) in [4.78, 5) is 0.0894. The van der Waals surface area contributed by atoms with Crippen molar-refractivity contribution in [3.63, 3.8) is 0 Å². The summed E-state index contributed by atoms with van der Waals surface area (Å²) in [6.45, 7) is 2.29. The topological polar surface area (TPSA) is 59.3 Å². The number of nitrogens with one attached hydrogen (secondary N) is 1. The number of halogens is 2. The van der Waals surface area contributed by atoms with Gasteiger partial charge in [0.05, 0.1) is 5.88 Å². The third-order valence-corrected chi connectivity index (χ3v) is 4.25. The van der Waals surface area contributed by atoms with Crippen molar-refractivity contribution in [1.82, 2.24) is 4.72 Å². The molecule has 7 heteroatoms. The van der Waals surface area contributed by atoms with Crippen LogP contribution >= 0.6 is 27.5 Å². The van der Waals surface area contributed by atoms with Crippen molar-refractivity contribution in [2.24, 2.45) is 0 Å². The van der Waals surface area contributed by atoms with Crippen molar-refractivity contribution in [3.05, 3.63) is 16.5 Å². The Balaban J connectivity index is 2.99. The highest BCUT2D eigenvalue weighted by Gasteiger charge is 2.21. The van der Waals surface area contributed by atoms with Gasteiger partial charge < -0.3 is 4.42 Å². The predicted molar refractivity (Wildman–Crippen MR) is 61.4 cm³/mol. The van der Waals surface area contributed by atoms with Gasteiger partial charge in [-0.25, -0.2) is 13.1 Å². The molecule has 1 heterocycles. The minimum Gasteiger partial charge on any atom is -0.452 e. The molecule has 0 aromatic carbocycles. The zero-order valence-corrected chi connectivity index (χ0v) is 11.2. The van der Waals surface area contributed by atoms with Crippen LogP contribution in [0, 0.1) is 0 Å². The zero-order valence-electron chi connectivity index (χ0n) is 8.09. The number of hydrogen-bond donors (Lipinski definition) is 1. The van der Waals surface area contributed by atoms with E-state index in [1.165, 1.54) is 6.07 Å². The summed E-state index contributed by atoms with van der Waals surface area (Å²) < 4.78 is 31.1. The second kappa shape index (κ2) is 5.34.